The van der Waals surface area contributed by atoms with E-state index in [9.17, 15) is 18.4 Å². The normalized spacial score (nSPS) is 10.2. The van der Waals surface area contributed by atoms with Crippen molar-refractivity contribution < 1.29 is 18.4 Å². The lowest BCUT2D eigenvalue weighted by atomic mass is 10.1. The van der Waals surface area contributed by atoms with Gasteiger partial charge in [-0.3, -0.25) is 9.59 Å². The predicted molar refractivity (Wildman–Crippen MR) is 75.0 cm³/mol. The summed E-state index contributed by atoms with van der Waals surface area (Å²) >= 11 is 0. The van der Waals surface area contributed by atoms with Crippen LogP contribution in [-0.4, -0.2) is 11.7 Å². The zero-order valence-corrected chi connectivity index (χ0v) is 11.1. The van der Waals surface area contributed by atoms with Crippen LogP contribution in [0.1, 0.15) is 23.2 Å². The van der Waals surface area contributed by atoms with E-state index >= 15 is 0 Å². The van der Waals surface area contributed by atoms with Crippen molar-refractivity contribution in [1.29, 1.82) is 0 Å². The molecule has 0 aliphatic rings. The summed E-state index contributed by atoms with van der Waals surface area (Å²) < 4.78 is 26.1. The maximum Gasteiger partial charge on any atom is 0.224 e. The van der Waals surface area contributed by atoms with Crippen molar-refractivity contribution in [3.05, 3.63) is 65.7 Å². The maximum atomic E-state index is 13.4. The summed E-state index contributed by atoms with van der Waals surface area (Å²) in [5, 5.41) is 2.31. The minimum Gasteiger partial charge on any atom is -0.324 e. The third-order valence-electron chi connectivity index (χ3n) is 2.88. The van der Waals surface area contributed by atoms with Crippen LogP contribution in [0.15, 0.2) is 48.5 Å². The van der Waals surface area contributed by atoms with E-state index in [1.807, 2.05) is 0 Å². The zero-order chi connectivity index (χ0) is 15.2. The molecule has 0 spiro atoms. The number of halogens is 2. The van der Waals surface area contributed by atoms with Crippen LogP contribution < -0.4 is 5.32 Å². The Balaban J connectivity index is 1.89. The summed E-state index contributed by atoms with van der Waals surface area (Å²) in [5.41, 5.74) is 0.423. The van der Waals surface area contributed by atoms with Gasteiger partial charge in [-0.1, -0.05) is 30.3 Å². The summed E-state index contributed by atoms with van der Waals surface area (Å²) in [7, 11) is 0. The van der Waals surface area contributed by atoms with Crippen molar-refractivity contribution in [3.63, 3.8) is 0 Å². The monoisotopic (exact) mass is 289 g/mol. The van der Waals surface area contributed by atoms with Gasteiger partial charge in [-0.25, -0.2) is 8.78 Å². The van der Waals surface area contributed by atoms with Crippen LogP contribution in [0.3, 0.4) is 0 Å². The molecule has 5 heteroatoms. The average Bonchev–Trinajstić information content (AvgIpc) is 2.48. The molecule has 1 N–H and O–H groups in total. The number of carbonyl (C=O) groups excluding carboxylic acids is 2. The van der Waals surface area contributed by atoms with Gasteiger partial charge >= 0.3 is 0 Å². The van der Waals surface area contributed by atoms with Crippen LogP contribution in [0.2, 0.25) is 0 Å². The Morgan fingerprint density at radius 2 is 1.67 bits per heavy atom. The highest BCUT2D eigenvalue weighted by atomic mass is 19.1. The van der Waals surface area contributed by atoms with Crippen molar-refractivity contribution in [2.45, 2.75) is 12.8 Å². The number of carbonyl (C=O) groups is 2. The molecule has 0 aliphatic heterocycles. The average molecular weight is 289 g/mol. The van der Waals surface area contributed by atoms with Gasteiger partial charge < -0.3 is 5.32 Å². The number of hydrogen-bond acceptors (Lipinski definition) is 2. The van der Waals surface area contributed by atoms with E-state index in [4.69, 9.17) is 0 Å². The highest BCUT2D eigenvalue weighted by Crippen LogP contribution is 2.15. The van der Waals surface area contributed by atoms with E-state index in [-0.39, 0.29) is 24.3 Å². The standard InChI is InChI=1S/C16H13F2NO2/c17-12-6-7-14(13(18)10-12)19-16(21)9-8-15(20)11-4-2-1-3-5-11/h1-7,10H,8-9H2,(H,19,21). The Morgan fingerprint density at radius 3 is 2.33 bits per heavy atom. The van der Waals surface area contributed by atoms with Gasteiger partial charge in [-0.05, 0) is 12.1 Å². The number of anilines is 1. The van der Waals surface area contributed by atoms with E-state index in [2.05, 4.69) is 5.32 Å². The second kappa shape index (κ2) is 6.74. The van der Waals surface area contributed by atoms with Crippen LogP contribution in [0.5, 0.6) is 0 Å². The highest BCUT2D eigenvalue weighted by molar-refractivity contribution is 5.99. The first-order chi connectivity index (χ1) is 10.1. The lowest BCUT2D eigenvalue weighted by molar-refractivity contribution is -0.116. The lowest BCUT2D eigenvalue weighted by Gasteiger charge is -2.06. The summed E-state index contributed by atoms with van der Waals surface area (Å²) in [4.78, 5) is 23.5. The van der Waals surface area contributed by atoms with Crippen molar-refractivity contribution in [3.8, 4) is 0 Å². The van der Waals surface area contributed by atoms with Crippen LogP contribution in [0.25, 0.3) is 0 Å². The summed E-state index contributed by atoms with van der Waals surface area (Å²) in [5.74, 6) is -2.22. The van der Waals surface area contributed by atoms with Crippen molar-refractivity contribution in [2.24, 2.45) is 0 Å². The molecule has 0 unspecified atom stereocenters. The smallest absolute Gasteiger partial charge is 0.224 e. The van der Waals surface area contributed by atoms with Gasteiger partial charge in [0, 0.05) is 24.5 Å². The summed E-state index contributed by atoms with van der Waals surface area (Å²) in [6.45, 7) is 0. The Kier molecular flexibility index (Phi) is 4.77. The highest BCUT2D eigenvalue weighted by Gasteiger charge is 2.11. The van der Waals surface area contributed by atoms with Crippen molar-refractivity contribution in [1.82, 2.24) is 0 Å². The summed E-state index contributed by atoms with van der Waals surface area (Å²) in [6.07, 6.45) is -0.0385. The third-order valence-corrected chi connectivity index (χ3v) is 2.88. The largest absolute Gasteiger partial charge is 0.324 e. The van der Waals surface area contributed by atoms with Crippen LogP contribution in [-0.2, 0) is 4.79 Å². The van der Waals surface area contributed by atoms with Gasteiger partial charge in [0.2, 0.25) is 5.91 Å². The molecule has 0 fully saturated rings. The Bertz CT molecular complexity index is 657. The Morgan fingerprint density at radius 1 is 0.952 bits per heavy atom. The minimum atomic E-state index is -0.849. The zero-order valence-electron chi connectivity index (χ0n) is 11.1. The van der Waals surface area contributed by atoms with E-state index in [0.717, 1.165) is 12.1 Å². The summed E-state index contributed by atoms with van der Waals surface area (Å²) in [6, 6.07) is 11.5. The number of amides is 1. The fraction of sp³-hybridized carbons (Fsp3) is 0.125. The molecule has 0 atom stereocenters. The molecule has 0 saturated carbocycles. The molecule has 2 rings (SSSR count). The predicted octanol–water partition coefficient (Wildman–Crippen LogP) is 3.57. The first kappa shape index (κ1) is 14.8. The first-order valence-electron chi connectivity index (χ1n) is 6.39. The lowest BCUT2D eigenvalue weighted by Crippen LogP contribution is -2.14. The maximum absolute atomic E-state index is 13.4. The molecule has 1 amide bonds. The SMILES string of the molecule is O=C(CCC(=O)c1ccccc1)Nc1ccc(F)cc1F. The molecule has 2 aromatic carbocycles. The second-order valence-electron chi connectivity index (χ2n) is 4.46. The first-order valence-corrected chi connectivity index (χ1v) is 6.39. The van der Waals surface area contributed by atoms with Crippen LogP contribution in [0.4, 0.5) is 14.5 Å². The minimum absolute atomic E-state index is 0.0264. The number of ketones is 1. The fourth-order valence-electron chi connectivity index (χ4n) is 1.80. The van der Waals surface area contributed by atoms with Gasteiger partial charge in [0.1, 0.15) is 11.6 Å². The third kappa shape index (κ3) is 4.21. The molecule has 21 heavy (non-hydrogen) atoms. The van der Waals surface area contributed by atoms with Gasteiger partial charge in [-0.15, -0.1) is 0 Å². The Labute approximate surface area is 120 Å². The molecule has 0 saturated heterocycles. The molecule has 0 radical (unpaired) electrons. The fourth-order valence-corrected chi connectivity index (χ4v) is 1.80. The topological polar surface area (TPSA) is 46.2 Å². The van der Waals surface area contributed by atoms with Crippen LogP contribution >= 0.6 is 0 Å². The molecular weight excluding hydrogens is 276 g/mol. The van der Waals surface area contributed by atoms with Gasteiger partial charge in [0.15, 0.2) is 5.78 Å². The second-order valence-corrected chi connectivity index (χ2v) is 4.46. The number of benzene rings is 2. The van der Waals surface area contributed by atoms with Gasteiger partial charge in [0.25, 0.3) is 0 Å². The molecule has 0 bridgehead atoms. The molecular formula is C16H13F2NO2. The van der Waals surface area contributed by atoms with Crippen molar-refractivity contribution >= 4 is 17.4 Å². The van der Waals surface area contributed by atoms with E-state index in [1.165, 1.54) is 0 Å². The number of Topliss-reactive ketones (excluding diaryl/α,β-unsaturated/α-hetero) is 1. The van der Waals surface area contributed by atoms with E-state index in [0.29, 0.717) is 11.6 Å². The number of rotatable bonds is 5. The van der Waals surface area contributed by atoms with E-state index < -0.39 is 17.5 Å². The molecule has 0 heterocycles. The van der Waals surface area contributed by atoms with Crippen molar-refractivity contribution in [2.75, 3.05) is 5.32 Å². The van der Waals surface area contributed by atoms with E-state index in [1.54, 1.807) is 30.3 Å². The molecule has 0 aromatic heterocycles. The number of hydrogen-bond donors (Lipinski definition) is 1. The van der Waals surface area contributed by atoms with Crippen LogP contribution in [0, 0.1) is 11.6 Å². The quantitative estimate of drug-likeness (QED) is 0.855. The molecule has 0 aliphatic carbocycles. The number of nitrogens with one attached hydrogen (secondary N) is 1. The van der Waals surface area contributed by atoms with Gasteiger partial charge in [0.05, 0.1) is 5.69 Å². The molecule has 3 nitrogen and oxygen atoms in total. The Hall–Kier alpha value is -2.56. The molecule has 108 valence electrons. The molecule has 2 aromatic rings. The van der Waals surface area contributed by atoms with Gasteiger partial charge in [-0.2, -0.15) is 0 Å².